The van der Waals surface area contributed by atoms with Crippen molar-refractivity contribution in [3.05, 3.63) is 87.9 Å². The smallest absolute Gasteiger partial charge is 0.340 e. The second-order valence-electron chi connectivity index (χ2n) is 8.29. The summed E-state index contributed by atoms with van der Waals surface area (Å²) in [6.07, 6.45) is 0.704. The molecular weight excluding hydrogens is 523 g/mol. The molecule has 0 saturated carbocycles. The summed E-state index contributed by atoms with van der Waals surface area (Å²) >= 11 is 12.5. The molecule has 0 aliphatic carbocycles. The molecule has 1 atom stereocenters. The van der Waals surface area contributed by atoms with Crippen LogP contribution in [0.3, 0.4) is 0 Å². The van der Waals surface area contributed by atoms with Crippen LogP contribution in [0.15, 0.2) is 71.6 Å². The number of sulfonamides is 1. The van der Waals surface area contributed by atoms with Crippen LogP contribution in [0.2, 0.25) is 10.0 Å². The average Bonchev–Trinajstić information content (AvgIpc) is 3.19. The SMILES string of the molecule is CCN(c1ccccc1)S(=O)(=O)c1cc(C(=O)OCC(=O)N2c3ccccc3CC2C)c(Cl)cc1Cl. The van der Waals surface area contributed by atoms with E-state index in [1.807, 2.05) is 31.2 Å². The van der Waals surface area contributed by atoms with Crippen LogP contribution in [0.4, 0.5) is 11.4 Å². The van der Waals surface area contributed by atoms with Crippen molar-refractivity contribution >= 4 is 56.5 Å². The van der Waals surface area contributed by atoms with Gasteiger partial charge in [-0.1, -0.05) is 59.6 Å². The zero-order chi connectivity index (χ0) is 26.0. The molecule has 7 nitrogen and oxygen atoms in total. The van der Waals surface area contributed by atoms with E-state index in [0.29, 0.717) is 12.1 Å². The lowest BCUT2D eigenvalue weighted by Gasteiger charge is -2.24. The number of benzene rings is 3. The fourth-order valence-electron chi connectivity index (χ4n) is 4.31. The molecule has 1 aliphatic rings. The molecule has 3 aromatic rings. The zero-order valence-corrected chi connectivity index (χ0v) is 22.0. The first-order chi connectivity index (χ1) is 17.1. The summed E-state index contributed by atoms with van der Waals surface area (Å²) < 4.78 is 33.3. The zero-order valence-electron chi connectivity index (χ0n) is 19.6. The van der Waals surface area contributed by atoms with E-state index in [4.69, 9.17) is 27.9 Å². The van der Waals surface area contributed by atoms with E-state index in [1.165, 1.54) is 10.4 Å². The fraction of sp³-hybridized carbons (Fsp3) is 0.231. The maximum atomic E-state index is 13.4. The molecule has 36 heavy (non-hydrogen) atoms. The monoisotopic (exact) mass is 546 g/mol. The van der Waals surface area contributed by atoms with Gasteiger partial charge in [0.15, 0.2) is 6.61 Å². The number of para-hydroxylation sites is 2. The molecule has 1 aliphatic heterocycles. The van der Waals surface area contributed by atoms with Crippen molar-refractivity contribution in [2.24, 2.45) is 0 Å². The third-order valence-corrected chi connectivity index (χ3v) is 8.62. The molecule has 188 valence electrons. The van der Waals surface area contributed by atoms with Crippen LogP contribution in [-0.4, -0.2) is 39.5 Å². The number of hydrogen-bond donors (Lipinski definition) is 0. The van der Waals surface area contributed by atoms with Gasteiger partial charge in [0.2, 0.25) is 0 Å². The van der Waals surface area contributed by atoms with Gasteiger partial charge in [-0.3, -0.25) is 9.10 Å². The van der Waals surface area contributed by atoms with Crippen molar-refractivity contribution in [2.45, 2.75) is 31.2 Å². The predicted octanol–water partition coefficient (Wildman–Crippen LogP) is 5.34. The van der Waals surface area contributed by atoms with Gasteiger partial charge < -0.3 is 9.64 Å². The Morgan fingerprint density at radius 3 is 2.39 bits per heavy atom. The van der Waals surface area contributed by atoms with Crippen LogP contribution in [-0.2, 0) is 26.0 Å². The van der Waals surface area contributed by atoms with Crippen molar-refractivity contribution in [1.29, 1.82) is 0 Å². The lowest BCUT2D eigenvalue weighted by molar-refractivity contribution is -0.122. The van der Waals surface area contributed by atoms with E-state index in [9.17, 15) is 18.0 Å². The molecule has 0 radical (unpaired) electrons. The van der Waals surface area contributed by atoms with Gasteiger partial charge in [-0.2, -0.15) is 0 Å². The van der Waals surface area contributed by atoms with Crippen LogP contribution in [0.25, 0.3) is 0 Å². The Balaban J connectivity index is 1.57. The van der Waals surface area contributed by atoms with Gasteiger partial charge in [-0.05, 0) is 56.2 Å². The lowest BCUT2D eigenvalue weighted by atomic mass is 10.1. The minimum atomic E-state index is -4.13. The van der Waals surface area contributed by atoms with Crippen LogP contribution < -0.4 is 9.21 Å². The summed E-state index contributed by atoms with van der Waals surface area (Å²) in [6.45, 7) is 3.21. The fourth-order valence-corrected chi connectivity index (χ4v) is 6.61. The highest BCUT2D eigenvalue weighted by Crippen LogP contribution is 2.34. The molecule has 0 aromatic heterocycles. The molecule has 10 heteroatoms. The first-order valence-electron chi connectivity index (χ1n) is 11.3. The van der Waals surface area contributed by atoms with Gasteiger partial charge in [-0.15, -0.1) is 0 Å². The van der Waals surface area contributed by atoms with E-state index in [0.717, 1.165) is 17.3 Å². The summed E-state index contributed by atoms with van der Waals surface area (Å²) in [7, 11) is -4.13. The number of amides is 1. The molecule has 0 fully saturated rings. The topological polar surface area (TPSA) is 84.0 Å². The number of rotatable bonds is 7. The van der Waals surface area contributed by atoms with Crippen molar-refractivity contribution in [2.75, 3.05) is 22.4 Å². The number of carbonyl (C=O) groups is 2. The molecule has 1 heterocycles. The van der Waals surface area contributed by atoms with Crippen molar-refractivity contribution in [3.63, 3.8) is 0 Å². The number of ether oxygens (including phenoxy) is 1. The molecule has 0 bridgehead atoms. The number of carbonyl (C=O) groups excluding carboxylic acids is 2. The minimum absolute atomic E-state index is 0.0810. The summed E-state index contributed by atoms with van der Waals surface area (Å²) in [5.74, 6) is -1.32. The quantitative estimate of drug-likeness (QED) is 0.373. The maximum Gasteiger partial charge on any atom is 0.340 e. The Hall–Kier alpha value is -3.07. The predicted molar refractivity (Wildman–Crippen MR) is 140 cm³/mol. The van der Waals surface area contributed by atoms with E-state index in [1.54, 1.807) is 42.2 Å². The van der Waals surface area contributed by atoms with E-state index in [-0.39, 0.29) is 39.0 Å². The van der Waals surface area contributed by atoms with Crippen molar-refractivity contribution in [1.82, 2.24) is 0 Å². The Labute approximate surface area is 220 Å². The van der Waals surface area contributed by atoms with Crippen molar-refractivity contribution < 1.29 is 22.7 Å². The molecule has 4 rings (SSSR count). The van der Waals surface area contributed by atoms with Gasteiger partial charge in [-0.25, -0.2) is 13.2 Å². The molecule has 0 spiro atoms. The van der Waals surface area contributed by atoms with Crippen molar-refractivity contribution in [3.8, 4) is 0 Å². The van der Waals surface area contributed by atoms with E-state index in [2.05, 4.69) is 0 Å². The second kappa shape index (κ2) is 10.5. The van der Waals surface area contributed by atoms with E-state index < -0.39 is 22.6 Å². The van der Waals surface area contributed by atoms with Crippen LogP contribution in [0.5, 0.6) is 0 Å². The molecule has 3 aromatic carbocycles. The highest BCUT2D eigenvalue weighted by Gasteiger charge is 2.32. The lowest BCUT2D eigenvalue weighted by Crippen LogP contribution is -2.38. The average molecular weight is 547 g/mol. The third kappa shape index (κ3) is 4.93. The number of nitrogens with zero attached hydrogens (tertiary/aromatic N) is 2. The standard InChI is InChI=1S/C26H24Cl2N2O5S/c1-3-29(19-10-5-4-6-11-19)36(33,34)24-14-20(21(27)15-22(24)28)26(32)35-16-25(31)30-17(2)13-18-9-7-8-12-23(18)30/h4-12,14-15,17H,3,13,16H2,1-2H3. The van der Waals surface area contributed by atoms with Crippen LogP contribution >= 0.6 is 23.2 Å². The van der Waals surface area contributed by atoms with Crippen LogP contribution in [0.1, 0.15) is 29.8 Å². The highest BCUT2D eigenvalue weighted by molar-refractivity contribution is 7.93. The number of esters is 1. The van der Waals surface area contributed by atoms with Gasteiger partial charge in [0.1, 0.15) is 4.90 Å². The minimum Gasteiger partial charge on any atom is -0.452 e. The largest absolute Gasteiger partial charge is 0.452 e. The number of halogens is 2. The number of hydrogen-bond acceptors (Lipinski definition) is 5. The Morgan fingerprint density at radius 2 is 1.69 bits per heavy atom. The van der Waals surface area contributed by atoms with Gasteiger partial charge >= 0.3 is 5.97 Å². The number of anilines is 2. The molecule has 0 N–H and O–H groups in total. The third-order valence-electron chi connectivity index (χ3n) is 5.94. The summed E-state index contributed by atoms with van der Waals surface area (Å²) in [5, 5.41) is -0.219. The Bertz CT molecular complexity index is 1410. The van der Waals surface area contributed by atoms with Gasteiger partial charge in [0.05, 0.1) is 21.3 Å². The first-order valence-corrected chi connectivity index (χ1v) is 13.5. The Kier molecular flexibility index (Phi) is 7.59. The molecule has 0 saturated heterocycles. The summed E-state index contributed by atoms with van der Waals surface area (Å²) in [4.78, 5) is 27.1. The summed E-state index contributed by atoms with van der Waals surface area (Å²) in [6, 6.07) is 18.3. The second-order valence-corrected chi connectivity index (χ2v) is 10.9. The summed E-state index contributed by atoms with van der Waals surface area (Å²) in [5.41, 5.74) is 2.07. The maximum absolute atomic E-state index is 13.4. The van der Waals surface area contributed by atoms with Gasteiger partial charge in [0, 0.05) is 18.3 Å². The molecule has 1 amide bonds. The molecular formula is C26H24Cl2N2O5S. The highest BCUT2D eigenvalue weighted by atomic mass is 35.5. The van der Waals surface area contributed by atoms with E-state index >= 15 is 0 Å². The number of fused-ring (bicyclic) bond motifs is 1. The van der Waals surface area contributed by atoms with Crippen LogP contribution in [0, 0.1) is 0 Å². The Morgan fingerprint density at radius 1 is 1.03 bits per heavy atom. The molecule has 1 unspecified atom stereocenters. The normalized spacial score (nSPS) is 14.9. The van der Waals surface area contributed by atoms with Gasteiger partial charge in [0.25, 0.3) is 15.9 Å². The first kappa shape index (κ1) is 26.0.